The number of hydrogen-bond acceptors (Lipinski definition) is 1. The quantitative estimate of drug-likeness (QED) is 0.779. The first-order chi connectivity index (χ1) is 8.22. The van der Waals surface area contributed by atoms with Gasteiger partial charge in [-0.2, -0.15) is 0 Å². The molecule has 0 spiro atoms. The third kappa shape index (κ3) is 2.36. The number of hydrogen-bond donors (Lipinski definition) is 0. The third-order valence-electron chi connectivity index (χ3n) is 4.04. The Morgan fingerprint density at radius 1 is 1.35 bits per heavy atom. The highest BCUT2D eigenvalue weighted by Gasteiger charge is 2.46. The van der Waals surface area contributed by atoms with Gasteiger partial charge in [0, 0.05) is 19.5 Å². The van der Waals surface area contributed by atoms with Crippen molar-refractivity contribution in [3.63, 3.8) is 0 Å². The molecule has 2 nitrogen and oxygen atoms in total. The Hall–Kier alpha value is -1.31. The lowest BCUT2D eigenvalue weighted by molar-refractivity contribution is -0.130. The number of carbonyl (C=O) groups is 1. The molecule has 1 amide bonds. The van der Waals surface area contributed by atoms with E-state index in [2.05, 4.69) is 36.1 Å². The van der Waals surface area contributed by atoms with Gasteiger partial charge < -0.3 is 4.90 Å². The van der Waals surface area contributed by atoms with Crippen molar-refractivity contribution in [2.75, 3.05) is 13.1 Å². The molecule has 2 heteroatoms. The molecule has 2 atom stereocenters. The number of likely N-dealkylation sites (tertiary alicyclic amines) is 1. The third-order valence-corrected chi connectivity index (χ3v) is 4.04. The molecule has 3 rings (SSSR count). The number of carbonyl (C=O) groups excluding carboxylic acids is 1. The largest absolute Gasteiger partial charge is 0.342 e. The number of fused-ring (bicyclic) bond motifs is 1. The Morgan fingerprint density at radius 3 is 2.82 bits per heavy atom. The fraction of sp³-hybridized carbons (Fsp3) is 0.533. The van der Waals surface area contributed by atoms with Crippen molar-refractivity contribution in [3.05, 3.63) is 35.4 Å². The summed E-state index contributed by atoms with van der Waals surface area (Å²) in [5, 5.41) is 0. The van der Waals surface area contributed by atoms with Crippen LogP contribution >= 0.6 is 0 Å². The van der Waals surface area contributed by atoms with Gasteiger partial charge in [0.2, 0.25) is 5.91 Å². The molecule has 1 aliphatic carbocycles. The summed E-state index contributed by atoms with van der Waals surface area (Å²) in [6.45, 7) is 4.15. The smallest absolute Gasteiger partial charge is 0.222 e. The summed E-state index contributed by atoms with van der Waals surface area (Å²) in [5.41, 5.74) is 2.56. The van der Waals surface area contributed by atoms with Crippen LogP contribution in [0.2, 0.25) is 0 Å². The predicted octanol–water partition coefficient (Wildman–Crippen LogP) is 2.41. The second-order valence-corrected chi connectivity index (χ2v) is 5.54. The maximum atomic E-state index is 12.0. The van der Waals surface area contributed by atoms with Crippen LogP contribution in [0.5, 0.6) is 0 Å². The summed E-state index contributed by atoms with van der Waals surface area (Å²) in [4.78, 5) is 14.1. The molecule has 90 valence electrons. The Labute approximate surface area is 103 Å². The van der Waals surface area contributed by atoms with Crippen LogP contribution < -0.4 is 0 Å². The normalized spacial score (nSPS) is 25.8. The minimum absolute atomic E-state index is 0.346. The van der Waals surface area contributed by atoms with Crippen LogP contribution in [0.15, 0.2) is 24.3 Å². The Balaban J connectivity index is 1.52. The summed E-state index contributed by atoms with van der Waals surface area (Å²) in [6, 6.07) is 8.45. The molecule has 1 heterocycles. The average molecular weight is 229 g/mol. The van der Waals surface area contributed by atoms with Gasteiger partial charge in [-0.25, -0.2) is 0 Å². The molecule has 17 heavy (non-hydrogen) atoms. The maximum Gasteiger partial charge on any atom is 0.222 e. The van der Waals surface area contributed by atoms with Gasteiger partial charge >= 0.3 is 0 Å². The second-order valence-electron chi connectivity index (χ2n) is 5.54. The zero-order chi connectivity index (χ0) is 11.8. The van der Waals surface area contributed by atoms with E-state index in [9.17, 15) is 4.79 Å². The first-order valence-electron chi connectivity index (χ1n) is 6.55. The Bertz CT molecular complexity index is 430. The van der Waals surface area contributed by atoms with Gasteiger partial charge in [-0.05, 0) is 37.2 Å². The van der Waals surface area contributed by atoms with Crippen LogP contribution in [-0.2, 0) is 11.2 Å². The lowest BCUT2D eigenvalue weighted by Crippen LogP contribution is -2.30. The zero-order valence-corrected chi connectivity index (χ0v) is 10.4. The molecule has 1 aliphatic heterocycles. The molecule has 0 aromatic heterocycles. The van der Waals surface area contributed by atoms with E-state index in [0.29, 0.717) is 12.3 Å². The van der Waals surface area contributed by atoms with Crippen molar-refractivity contribution in [1.82, 2.24) is 4.90 Å². The Morgan fingerprint density at radius 2 is 2.12 bits per heavy atom. The fourth-order valence-corrected chi connectivity index (χ4v) is 2.88. The Kier molecular flexibility index (Phi) is 2.65. The molecule has 1 saturated carbocycles. The molecule has 0 bridgehead atoms. The average Bonchev–Trinajstić information content (AvgIpc) is 2.93. The van der Waals surface area contributed by atoms with Crippen molar-refractivity contribution in [1.29, 1.82) is 0 Å². The van der Waals surface area contributed by atoms with E-state index in [1.807, 2.05) is 0 Å². The van der Waals surface area contributed by atoms with Gasteiger partial charge in [0.25, 0.3) is 0 Å². The summed E-state index contributed by atoms with van der Waals surface area (Å²) >= 11 is 0. The van der Waals surface area contributed by atoms with E-state index in [-0.39, 0.29) is 0 Å². The highest BCUT2D eigenvalue weighted by molar-refractivity contribution is 5.77. The van der Waals surface area contributed by atoms with Gasteiger partial charge in [-0.15, -0.1) is 0 Å². The van der Waals surface area contributed by atoms with E-state index in [1.54, 1.807) is 0 Å². The molecule has 1 saturated heterocycles. The SMILES string of the molecule is Cc1cccc(CCC(=O)N2CC3CC3C2)c1. The summed E-state index contributed by atoms with van der Waals surface area (Å²) < 4.78 is 0. The standard InChI is InChI=1S/C15H19NO/c1-11-3-2-4-12(7-11)5-6-15(17)16-9-13-8-14(13)10-16/h2-4,7,13-14H,5-6,8-10H2,1H3. The van der Waals surface area contributed by atoms with Crippen molar-refractivity contribution in [3.8, 4) is 0 Å². The lowest BCUT2D eigenvalue weighted by Gasteiger charge is -2.17. The van der Waals surface area contributed by atoms with Crippen LogP contribution in [0.25, 0.3) is 0 Å². The van der Waals surface area contributed by atoms with Gasteiger partial charge in [0.05, 0.1) is 0 Å². The number of rotatable bonds is 3. The number of nitrogens with zero attached hydrogens (tertiary/aromatic N) is 1. The van der Waals surface area contributed by atoms with Crippen LogP contribution in [0.4, 0.5) is 0 Å². The topological polar surface area (TPSA) is 20.3 Å². The molecule has 2 unspecified atom stereocenters. The van der Waals surface area contributed by atoms with Gasteiger partial charge in [0.1, 0.15) is 0 Å². The zero-order valence-electron chi connectivity index (χ0n) is 10.4. The van der Waals surface area contributed by atoms with Crippen LogP contribution in [0.1, 0.15) is 24.0 Å². The van der Waals surface area contributed by atoms with Crippen LogP contribution in [0.3, 0.4) is 0 Å². The summed E-state index contributed by atoms with van der Waals surface area (Å²) in [6.07, 6.45) is 2.91. The van der Waals surface area contributed by atoms with E-state index >= 15 is 0 Å². The number of benzene rings is 1. The maximum absolute atomic E-state index is 12.0. The summed E-state index contributed by atoms with van der Waals surface area (Å²) in [5.74, 6) is 2.04. The predicted molar refractivity (Wildman–Crippen MR) is 67.7 cm³/mol. The fourth-order valence-electron chi connectivity index (χ4n) is 2.88. The first-order valence-corrected chi connectivity index (χ1v) is 6.55. The number of amides is 1. The minimum Gasteiger partial charge on any atom is -0.342 e. The molecule has 0 radical (unpaired) electrons. The van der Waals surface area contributed by atoms with Crippen LogP contribution in [0, 0.1) is 18.8 Å². The van der Waals surface area contributed by atoms with Crippen molar-refractivity contribution in [2.45, 2.75) is 26.2 Å². The molecular weight excluding hydrogens is 210 g/mol. The van der Waals surface area contributed by atoms with Gasteiger partial charge in [-0.3, -0.25) is 4.79 Å². The molecule has 2 fully saturated rings. The van der Waals surface area contributed by atoms with Crippen molar-refractivity contribution < 1.29 is 4.79 Å². The first kappa shape index (κ1) is 10.8. The van der Waals surface area contributed by atoms with Crippen LogP contribution in [-0.4, -0.2) is 23.9 Å². The van der Waals surface area contributed by atoms with E-state index in [0.717, 1.165) is 31.3 Å². The summed E-state index contributed by atoms with van der Waals surface area (Å²) in [7, 11) is 0. The monoisotopic (exact) mass is 229 g/mol. The molecular formula is C15H19NO. The van der Waals surface area contributed by atoms with E-state index < -0.39 is 0 Å². The van der Waals surface area contributed by atoms with Crippen molar-refractivity contribution in [2.24, 2.45) is 11.8 Å². The molecule has 1 aromatic rings. The number of aryl methyl sites for hydroxylation is 2. The highest BCUT2D eigenvalue weighted by Crippen LogP contribution is 2.44. The van der Waals surface area contributed by atoms with E-state index in [4.69, 9.17) is 0 Å². The molecule has 1 aromatic carbocycles. The number of piperidine rings is 1. The highest BCUT2D eigenvalue weighted by atomic mass is 16.2. The van der Waals surface area contributed by atoms with Gasteiger partial charge in [-0.1, -0.05) is 29.8 Å². The molecule has 0 N–H and O–H groups in total. The lowest BCUT2D eigenvalue weighted by atomic mass is 10.1. The second kappa shape index (κ2) is 4.17. The van der Waals surface area contributed by atoms with E-state index in [1.165, 1.54) is 17.5 Å². The van der Waals surface area contributed by atoms with Crippen molar-refractivity contribution >= 4 is 5.91 Å². The molecule has 2 aliphatic rings. The van der Waals surface area contributed by atoms with Gasteiger partial charge in [0.15, 0.2) is 0 Å². The minimum atomic E-state index is 0.346.